The minimum absolute atomic E-state index is 0.156. The summed E-state index contributed by atoms with van der Waals surface area (Å²) in [5.74, 6) is -0.487. The van der Waals surface area contributed by atoms with Crippen molar-refractivity contribution < 1.29 is 13.7 Å². The van der Waals surface area contributed by atoms with E-state index in [1.807, 2.05) is 0 Å². The van der Waals surface area contributed by atoms with Crippen LogP contribution in [0.25, 0.3) is 16.7 Å². The van der Waals surface area contributed by atoms with Crippen molar-refractivity contribution in [2.24, 2.45) is 0 Å². The second kappa shape index (κ2) is 6.66. The number of fused-ring (bicyclic) bond motifs is 2. The number of rotatable bonds is 2. The van der Waals surface area contributed by atoms with E-state index in [1.54, 1.807) is 47.6 Å². The van der Waals surface area contributed by atoms with Gasteiger partial charge in [0, 0.05) is 37.2 Å². The molecule has 0 saturated heterocycles. The maximum Gasteiger partial charge on any atom is 0.293 e. The van der Waals surface area contributed by atoms with E-state index >= 15 is 0 Å². The van der Waals surface area contributed by atoms with E-state index in [2.05, 4.69) is 10.1 Å². The number of hydrogen-bond donors (Lipinski definition) is 0. The van der Waals surface area contributed by atoms with Crippen molar-refractivity contribution in [1.29, 1.82) is 0 Å². The minimum atomic E-state index is -0.370. The average molecular weight is 390 g/mol. The topological polar surface area (TPSA) is 81.2 Å². The molecule has 0 spiro atoms. The first-order valence-corrected chi connectivity index (χ1v) is 9.10. The fourth-order valence-corrected chi connectivity index (χ4v) is 3.59. The van der Waals surface area contributed by atoms with Gasteiger partial charge < -0.3 is 9.42 Å². The summed E-state index contributed by atoms with van der Waals surface area (Å²) in [5, 5.41) is 4.41. The molecule has 8 heteroatoms. The Morgan fingerprint density at radius 1 is 1.14 bits per heavy atom. The third kappa shape index (κ3) is 2.98. The number of pyridine rings is 2. The highest BCUT2D eigenvalue weighted by molar-refractivity contribution is 6.02. The zero-order valence-electron chi connectivity index (χ0n) is 15.2. The van der Waals surface area contributed by atoms with Crippen molar-refractivity contribution in [3.63, 3.8) is 0 Å². The quantitative estimate of drug-likeness (QED) is 0.526. The van der Waals surface area contributed by atoms with Gasteiger partial charge in [-0.1, -0.05) is 5.16 Å². The third-order valence-corrected chi connectivity index (χ3v) is 5.09. The van der Waals surface area contributed by atoms with E-state index in [-0.39, 0.29) is 23.0 Å². The summed E-state index contributed by atoms with van der Waals surface area (Å²) in [6.07, 6.45) is 3.86. The first kappa shape index (κ1) is 17.3. The summed E-state index contributed by atoms with van der Waals surface area (Å²) in [7, 11) is 0. The molecule has 0 aliphatic carbocycles. The fraction of sp³-hybridized carbons (Fsp3) is 0.143. The fourth-order valence-electron chi connectivity index (χ4n) is 3.59. The second-order valence-electron chi connectivity index (χ2n) is 6.87. The van der Waals surface area contributed by atoms with E-state index in [4.69, 9.17) is 4.52 Å². The van der Waals surface area contributed by atoms with Crippen molar-refractivity contribution >= 4 is 16.9 Å². The first-order valence-electron chi connectivity index (χ1n) is 9.10. The number of halogens is 1. The molecule has 3 aromatic heterocycles. The largest absolute Gasteiger partial charge is 0.348 e. The van der Waals surface area contributed by atoms with Crippen LogP contribution in [0.5, 0.6) is 0 Å². The molecule has 0 bridgehead atoms. The van der Waals surface area contributed by atoms with E-state index in [0.29, 0.717) is 36.2 Å². The van der Waals surface area contributed by atoms with Crippen molar-refractivity contribution in [3.05, 3.63) is 87.9 Å². The van der Waals surface area contributed by atoms with Crippen LogP contribution in [-0.2, 0) is 13.0 Å². The van der Waals surface area contributed by atoms with Gasteiger partial charge in [-0.25, -0.2) is 9.37 Å². The monoisotopic (exact) mass is 390 g/mol. The van der Waals surface area contributed by atoms with Crippen LogP contribution in [0, 0.1) is 5.82 Å². The number of carbonyl (C=O) groups excluding carboxylic acids is 1. The molecule has 1 aliphatic heterocycles. The molecule has 0 N–H and O–H groups in total. The Labute approximate surface area is 164 Å². The average Bonchev–Trinajstić information content (AvgIpc) is 3.17. The molecule has 144 valence electrons. The lowest BCUT2D eigenvalue weighted by atomic mass is 10.0. The Hall–Kier alpha value is -3.81. The lowest BCUT2D eigenvalue weighted by Crippen LogP contribution is -2.37. The molecule has 4 aromatic rings. The molecule has 4 heterocycles. The number of aromatic nitrogens is 3. The molecule has 1 aromatic carbocycles. The van der Waals surface area contributed by atoms with Crippen LogP contribution in [0.4, 0.5) is 4.39 Å². The van der Waals surface area contributed by atoms with E-state index < -0.39 is 0 Å². The van der Waals surface area contributed by atoms with Crippen LogP contribution in [0.2, 0.25) is 0 Å². The molecule has 0 radical (unpaired) electrons. The summed E-state index contributed by atoms with van der Waals surface area (Å²) in [6.45, 7) is 0.798. The highest BCUT2D eigenvalue weighted by Gasteiger charge is 2.27. The van der Waals surface area contributed by atoms with Crippen molar-refractivity contribution in [3.8, 4) is 5.69 Å². The van der Waals surface area contributed by atoms with Crippen molar-refractivity contribution in [2.45, 2.75) is 13.0 Å². The molecule has 0 unspecified atom stereocenters. The number of amides is 1. The highest BCUT2D eigenvalue weighted by Crippen LogP contribution is 2.23. The predicted molar refractivity (Wildman–Crippen MR) is 102 cm³/mol. The van der Waals surface area contributed by atoms with E-state index in [1.165, 1.54) is 16.7 Å². The van der Waals surface area contributed by atoms with Gasteiger partial charge in [0.2, 0.25) is 11.4 Å². The lowest BCUT2D eigenvalue weighted by molar-refractivity contribution is 0.0695. The Morgan fingerprint density at radius 2 is 1.97 bits per heavy atom. The van der Waals surface area contributed by atoms with Gasteiger partial charge in [0.15, 0.2) is 0 Å². The Balaban J connectivity index is 1.48. The molecule has 0 atom stereocenters. The highest BCUT2D eigenvalue weighted by atomic mass is 19.1. The summed E-state index contributed by atoms with van der Waals surface area (Å²) >= 11 is 0. The van der Waals surface area contributed by atoms with Gasteiger partial charge in [0.25, 0.3) is 11.5 Å². The van der Waals surface area contributed by atoms with Gasteiger partial charge in [-0.15, -0.1) is 0 Å². The van der Waals surface area contributed by atoms with Crippen LogP contribution in [-0.4, -0.2) is 32.1 Å². The Bertz CT molecular complexity index is 1290. The molecule has 7 nitrogen and oxygen atoms in total. The molecule has 29 heavy (non-hydrogen) atoms. The summed E-state index contributed by atoms with van der Waals surface area (Å²) < 4.78 is 19.9. The third-order valence-electron chi connectivity index (χ3n) is 5.09. The predicted octanol–water partition coefficient (Wildman–Crippen LogP) is 2.71. The normalized spacial score (nSPS) is 13.5. The summed E-state index contributed by atoms with van der Waals surface area (Å²) in [6, 6.07) is 10.7. The smallest absolute Gasteiger partial charge is 0.293 e. The molecule has 0 saturated carbocycles. The van der Waals surface area contributed by atoms with Crippen LogP contribution in [0.1, 0.15) is 21.7 Å². The summed E-state index contributed by atoms with van der Waals surface area (Å²) in [4.78, 5) is 31.2. The SMILES string of the molecule is O=C(c1onc2ncccc12)N1CCc2cc(=O)n(-c3ccc(F)cc3)cc2C1. The molecular weight excluding hydrogens is 375 g/mol. The maximum atomic E-state index is 13.2. The van der Waals surface area contributed by atoms with Crippen LogP contribution < -0.4 is 5.56 Å². The van der Waals surface area contributed by atoms with Crippen LogP contribution >= 0.6 is 0 Å². The lowest BCUT2D eigenvalue weighted by Gasteiger charge is -2.28. The standard InChI is InChI=1S/C21H15FN4O3/c22-15-3-5-16(6-4-15)26-12-14-11-25(9-7-13(14)10-18(26)27)21(28)19-17-2-1-8-23-20(17)24-29-19/h1-6,8,10,12H,7,9,11H2. The number of carbonyl (C=O) groups is 1. The maximum absolute atomic E-state index is 13.2. The molecule has 1 amide bonds. The van der Waals surface area contributed by atoms with E-state index in [9.17, 15) is 14.0 Å². The minimum Gasteiger partial charge on any atom is -0.348 e. The van der Waals surface area contributed by atoms with Gasteiger partial charge in [-0.2, -0.15) is 0 Å². The van der Waals surface area contributed by atoms with Gasteiger partial charge in [-0.05, 0) is 53.9 Å². The van der Waals surface area contributed by atoms with Crippen LogP contribution in [0.3, 0.4) is 0 Å². The van der Waals surface area contributed by atoms with Crippen molar-refractivity contribution in [1.82, 2.24) is 19.6 Å². The molecule has 1 aliphatic rings. The zero-order chi connectivity index (χ0) is 20.0. The number of benzene rings is 1. The molecule has 0 fully saturated rings. The van der Waals surface area contributed by atoms with E-state index in [0.717, 1.165) is 11.1 Å². The molecular formula is C21H15FN4O3. The first-order chi connectivity index (χ1) is 14.1. The Morgan fingerprint density at radius 3 is 2.79 bits per heavy atom. The summed E-state index contributed by atoms with van der Waals surface area (Å²) in [5.41, 5.74) is 2.52. The van der Waals surface area contributed by atoms with Gasteiger partial charge in [0.05, 0.1) is 5.39 Å². The van der Waals surface area contributed by atoms with Crippen molar-refractivity contribution in [2.75, 3.05) is 6.54 Å². The van der Waals surface area contributed by atoms with Gasteiger partial charge in [-0.3, -0.25) is 14.2 Å². The Kier molecular flexibility index (Phi) is 3.97. The zero-order valence-corrected chi connectivity index (χ0v) is 15.2. The molecule has 5 rings (SSSR count). The second-order valence-corrected chi connectivity index (χ2v) is 6.87. The van der Waals surface area contributed by atoms with Gasteiger partial charge in [0.1, 0.15) is 5.82 Å². The van der Waals surface area contributed by atoms with Crippen LogP contribution in [0.15, 0.2) is 64.2 Å². The number of hydrogen-bond acceptors (Lipinski definition) is 5. The van der Waals surface area contributed by atoms with Gasteiger partial charge >= 0.3 is 0 Å². The number of nitrogens with zero attached hydrogens (tertiary/aromatic N) is 4.